The number of aliphatic hydroxyl groups is 1. The van der Waals surface area contributed by atoms with Crippen LogP contribution in [0, 0.1) is 0 Å². The first kappa shape index (κ1) is 12.0. The van der Waals surface area contributed by atoms with Gasteiger partial charge in [0.1, 0.15) is 0 Å². The number of likely N-dealkylation sites (N-methyl/N-ethyl adjacent to an activating group) is 1. The number of nitrogens with one attached hydrogen (secondary N) is 1. The molecule has 0 aromatic carbocycles. The highest BCUT2D eigenvalue weighted by molar-refractivity contribution is 4.86. The molecule has 84 valence electrons. The van der Waals surface area contributed by atoms with E-state index in [1.54, 1.807) is 0 Å². The van der Waals surface area contributed by atoms with E-state index < -0.39 is 0 Å². The predicted molar refractivity (Wildman–Crippen MR) is 59.4 cm³/mol. The Hall–Kier alpha value is -0.120. The SMILES string of the molecule is CC(O)CC(C)NC1CC(C)N(C)C1. The van der Waals surface area contributed by atoms with E-state index in [0.717, 1.165) is 13.0 Å². The molecule has 0 saturated carbocycles. The van der Waals surface area contributed by atoms with E-state index in [-0.39, 0.29) is 6.10 Å². The highest BCUT2D eigenvalue weighted by Crippen LogP contribution is 2.15. The van der Waals surface area contributed by atoms with Crippen LogP contribution in [-0.4, -0.2) is 47.8 Å². The molecule has 3 heteroatoms. The quantitative estimate of drug-likeness (QED) is 0.705. The van der Waals surface area contributed by atoms with Crippen molar-refractivity contribution in [3.05, 3.63) is 0 Å². The van der Waals surface area contributed by atoms with Gasteiger partial charge in [-0.2, -0.15) is 0 Å². The van der Waals surface area contributed by atoms with Gasteiger partial charge in [0.25, 0.3) is 0 Å². The third-order valence-corrected chi connectivity index (χ3v) is 3.10. The summed E-state index contributed by atoms with van der Waals surface area (Å²) in [6, 6.07) is 1.70. The van der Waals surface area contributed by atoms with Crippen LogP contribution in [0.3, 0.4) is 0 Å². The van der Waals surface area contributed by atoms with Gasteiger partial charge in [-0.05, 0) is 40.7 Å². The summed E-state index contributed by atoms with van der Waals surface area (Å²) in [5.74, 6) is 0. The van der Waals surface area contributed by atoms with E-state index >= 15 is 0 Å². The van der Waals surface area contributed by atoms with E-state index in [2.05, 4.69) is 31.1 Å². The van der Waals surface area contributed by atoms with Crippen molar-refractivity contribution in [2.45, 2.75) is 57.8 Å². The molecule has 1 aliphatic rings. The van der Waals surface area contributed by atoms with Gasteiger partial charge in [0.2, 0.25) is 0 Å². The van der Waals surface area contributed by atoms with Crippen molar-refractivity contribution >= 4 is 0 Å². The molecule has 0 radical (unpaired) electrons. The molecule has 1 heterocycles. The summed E-state index contributed by atoms with van der Waals surface area (Å²) >= 11 is 0. The molecule has 2 N–H and O–H groups in total. The fraction of sp³-hybridized carbons (Fsp3) is 1.00. The maximum absolute atomic E-state index is 9.25. The Bertz CT molecular complexity index is 163. The Kier molecular flexibility index (Phi) is 4.35. The standard InChI is InChI=1S/C11H24N2O/c1-8(5-10(3)14)12-11-6-9(2)13(4)7-11/h8-12,14H,5-7H2,1-4H3. The van der Waals surface area contributed by atoms with Crippen LogP contribution in [-0.2, 0) is 0 Å². The van der Waals surface area contributed by atoms with Gasteiger partial charge < -0.3 is 15.3 Å². The summed E-state index contributed by atoms with van der Waals surface area (Å²) in [4.78, 5) is 2.38. The molecule has 0 aromatic rings. The molecular weight excluding hydrogens is 176 g/mol. The molecule has 1 aliphatic heterocycles. The number of aliphatic hydroxyl groups excluding tert-OH is 1. The van der Waals surface area contributed by atoms with Crippen LogP contribution in [0.1, 0.15) is 33.6 Å². The lowest BCUT2D eigenvalue weighted by Crippen LogP contribution is -2.39. The Labute approximate surface area is 87.5 Å². The second kappa shape index (κ2) is 5.10. The van der Waals surface area contributed by atoms with Crippen LogP contribution >= 0.6 is 0 Å². The Balaban J connectivity index is 2.25. The van der Waals surface area contributed by atoms with Gasteiger partial charge in [-0.15, -0.1) is 0 Å². The van der Waals surface area contributed by atoms with Crippen molar-refractivity contribution in [2.24, 2.45) is 0 Å². The summed E-state index contributed by atoms with van der Waals surface area (Å²) in [6.45, 7) is 7.39. The van der Waals surface area contributed by atoms with Crippen molar-refractivity contribution in [2.75, 3.05) is 13.6 Å². The van der Waals surface area contributed by atoms with Gasteiger partial charge in [-0.25, -0.2) is 0 Å². The molecule has 4 unspecified atom stereocenters. The minimum Gasteiger partial charge on any atom is -0.393 e. The zero-order valence-corrected chi connectivity index (χ0v) is 9.83. The molecule has 1 fully saturated rings. The zero-order valence-electron chi connectivity index (χ0n) is 9.83. The van der Waals surface area contributed by atoms with Gasteiger partial charge in [0, 0.05) is 24.7 Å². The van der Waals surface area contributed by atoms with Crippen LogP contribution in [0.15, 0.2) is 0 Å². The molecule has 1 saturated heterocycles. The van der Waals surface area contributed by atoms with Crippen LogP contribution in [0.25, 0.3) is 0 Å². The lowest BCUT2D eigenvalue weighted by molar-refractivity contribution is 0.168. The molecule has 0 amide bonds. The van der Waals surface area contributed by atoms with Gasteiger partial charge in [0.15, 0.2) is 0 Å². The summed E-state index contributed by atoms with van der Waals surface area (Å²) in [7, 11) is 2.17. The van der Waals surface area contributed by atoms with Gasteiger partial charge in [0.05, 0.1) is 6.10 Å². The highest BCUT2D eigenvalue weighted by atomic mass is 16.3. The monoisotopic (exact) mass is 200 g/mol. The van der Waals surface area contributed by atoms with Crippen molar-refractivity contribution in [1.82, 2.24) is 10.2 Å². The average molecular weight is 200 g/mol. The van der Waals surface area contributed by atoms with Crippen LogP contribution in [0.4, 0.5) is 0 Å². The second-order valence-electron chi connectivity index (χ2n) is 4.87. The van der Waals surface area contributed by atoms with Gasteiger partial charge in [-0.1, -0.05) is 0 Å². The fourth-order valence-corrected chi connectivity index (χ4v) is 2.30. The Morgan fingerprint density at radius 3 is 2.57 bits per heavy atom. The van der Waals surface area contributed by atoms with Gasteiger partial charge >= 0.3 is 0 Å². The highest BCUT2D eigenvalue weighted by Gasteiger charge is 2.26. The lowest BCUT2D eigenvalue weighted by atomic mass is 10.1. The molecule has 1 rings (SSSR count). The molecular formula is C11H24N2O. The normalized spacial score (nSPS) is 33.2. The lowest BCUT2D eigenvalue weighted by Gasteiger charge is -2.20. The summed E-state index contributed by atoms with van der Waals surface area (Å²) in [5, 5.41) is 12.8. The topological polar surface area (TPSA) is 35.5 Å². The summed E-state index contributed by atoms with van der Waals surface area (Å²) in [5.41, 5.74) is 0. The first-order valence-electron chi connectivity index (χ1n) is 5.63. The van der Waals surface area contributed by atoms with E-state index in [1.807, 2.05) is 6.92 Å². The van der Waals surface area contributed by atoms with Crippen molar-refractivity contribution in [3.63, 3.8) is 0 Å². The first-order chi connectivity index (χ1) is 6.49. The van der Waals surface area contributed by atoms with E-state index in [0.29, 0.717) is 18.1 Å². The van der Waals surface area contributed by atoms with E-state index in [4.69, 9.17) is 0 Å². The van der Waals surface area contributed by atoms with Crippen molar-refractivity contribution in [1.29, 1.82) is 0 Å². The van der Waals surface area contributed by atoms with E-state index in [9.17, 15) is 5.11 Å². The minimum atomic E-state index is -0.200. The predicted octanol–water partition coefficient (Wildman–Crippen LogP) is 0.828. The Morgan fingerprint density at radius 1 is 1.50 bits per heavy atom. The largest absolute Gasteiger partial charge is 0.393 e. The Morgan fingerprint density at radius 2 is 2.14 bits per heavy atom. The maximum atomic E-state index is 9.25. The fourth-order valence-electron chi connectivity index (χ4n) is 2.30. The number of rotatable bonds is 4. The first-order valence-corrected chi connectivity index (χ1v) is 5.63. The molecule has 0 bridgehead atoms. The molecule has 14 heavy (non-hydrogen) atoms. The zero-order chi connectivity index (χ0) is 10.7. The second-order valence-corrected chi connectivity index (χ2v) is 4.87. The molecule has 0 aliphatic carbocycles. The minimum absolute atomic E-state index is 0.200. The van der Waals surface area contributed by atoms with Crippen molar-refractivity contribution in [3.8, 4) is 0 Å². The number of hydrogen-bond donors (Lipinski definition) is 2. The van der Waals surface area contributed by atoms with Crippen LogP contribution in [0.5, 0.6) is 0 Å². The number of likely N-dealkylation sites (tertiary alicyclic amines) is 1. The van der Waals surface area contributed by atoms with E-state index in [1.165, 1.54) is 6.42 Å². The molecule has 0 aromatic heterocycles. The van der Waals surface area contributed by atoms with Crippen molar-refractivity contribution < 1.29 is 5.11 Å². The smallest absolute Gasteiger partial charge is 0.0526 e. The third kappa shape index (κ3) is 3.56. The number of hydrogen-bond acceptors (Lipinski definition) is 3. The van der Waals surface area contributed by atoms with Crippen LogP contribution in [0.2, 0.25) is 0 Å². The van der Waals surface area contributed by atoms with Gasteiger partial charge in [-0.3, -0.25) is 0 Å². The molecule has 3 nitrogen and oxygen atoms in total. The van der Waals surface area contributed by atoms with Crippen LogP contribution < -0.4 is 5.32 Å². The molecule has 4 atom stereocenters. The molecule has 0 spiro atoms. The maximum Gasteiger partial charge on any atom is 0.0526 e. The number of nitrogens with zero attached hydrogens (tertiary/aromatic N) is 1. The summed E-state index contributed by atoms with van der Waals surface area (Å²) < 4.78 is 0. The third-order valence-electron chi connectivity index (χ3n) is 3.10. The summed E-state index contributed by atoms with van der Waals surface area (Å²) in [6.07, 6.45) is 1.86. The average Bonchev–Trinajstić information content (AvgIpc) is 2.28.